The van der Waals surface area contributed by atoms with Crippen LogP contribution in [0.2, 0.25) is 5.02 Å². The fourth-order valence-electron chi connectivity index (χ4n) is 2.57. The number of aliphatic imine (C=N–C) groups is 1. The summed E-state index contributed by atoms with van der Waals surface area (Å²) in [5.74, 6) is 2.49. The minimum Gasteiger partial charge on any atom is -0.492 e. The number of hydrogen-bond acceptors (Lipinski definition) is 4. The molecule has 1 heterocycles. The van der Waals surface area contributed by atoms with Gasteiger partial charge in [-0.1, -0.05) is 22.8 Å². The number of guanidine groups is 1. The van der Waals surface area contributed by atoms with E-state index in [1.165, 1.54) is 0 Å². The molecule has 0 aliphatic heterocycles. The third-order valence-corrected chi connectivity index (χ3v) is 4.23. The van der Waals surface area contributed by atoms with Crippen LogP contribution in [-0.2, 0) is 6.42 Å². The van der Waals surface area contributed by atoms with Crippen LogP contribution in [-0.4, -0.2) is 49.3 Å². The second-order valence-electron chi connectivity index (χ2n) is 6.02. The lowest BCUT2D eigenvalue weighted by Gasteiger charge is -2.22. The van der Waals surface area contributed by atoms with E-state index in [2.05, 4.69) is 22.3 Å². The van der Waals surface area contributed by atoms with Gasteiger partial charge in [0, 0.05) is 30.7 Å². The number of likely N-dealkylation sites (N-methyl/N-ethyl adjacent to an activating group) is 1. The maximum atomic E-state index is 5.97. The van der Waals surface area contributed by atoms with E-state index in [-0.39, 0.29) is 24.0 Å². The molecule has 0 aliphatic rings. The molecule has 0 amide bonds. The van der Waals surface area contributed by atoms with Crippen molar-refractivity contribution < 1.29 is 9.26 Å². The second kappa shape index (κ2) is 12.1. The molecule has 1 aromatic carbocycles. The van der Waals surface area contributed by atoms with Gasteiger partial charge in [-0.3, -0.25) is 4.99 Å². The van der Waals surface area contributed by atoms with Crippen molar-refractivity contribution >= 4 is 41.5 Å². The predicted molar refractivity (Wildman–Crippen MR) is 121 cm³/mol. The highest BCUT2D eigenvalue weighted by Crippen LogP contribution is 2.17. The van der Waals surface area contributed by atoms with Crippen molar-refractivity contribution in [2.75, 3.05) is 33.3 Å². The van der Waals surface area contributed by atoms with E-state index < -0.39 is 0 Å². The molecule has 2 aromatic rings. The molecular formula is C19H28ClIN4O2. The van der Waals surface area contributed by atoms with Gasteiger partial charge in [0.1, 0.15) is 18.1 Å². The summed E-state index contributed by atoms with van der Waals surface area (Å²) in [6, 6.07) is 7.41. The molecule has 150 valence electrons. The molecule has 0 fully saturated rings. The Morgan fingerprint density at radius 3 is 2.78 bits per heavy atom. The van der Waals surface area contributed by atoms with Crippen molar-refractivity contribution in [1.82, 2.24) is 15.4 Å². The Morgan fingerprint density at radius 1 is 1.37 bits per heavy atom. The van der Waals surface area contributed by atoms with Crippen LogP contribution < -0.4 is 10.1 Å². The lowest BCUT2D eigenvalue weighted by Crippen LogP contribution is -2.41. The number of aromatic nitrogens is 1. The lowest BCUT2D eigenvalue weighted by molar-refractivity contribution is 0.281. The highest BCUT2D eigenvalue weighted by atomic mass is 127. The van der Waals surface area contributed by atoms with Crippen molar-refractivity contribution in [3.63, 3.8) is 0 Å². The lowest BCUT2D eigenvalue weighted by atomic mass is 10.1. The summed E-state index contributed by atoms with van der Waals surface area (Å²) in [5.41, 5.74) is 2.07. The standard InChI is InChI=1S/C19H27ClN4O2.HI/c1-5-21-19(22-10-9-18-14(2)23-26-15(18)3)24(4)11-12-25-17-8-6-7-16(20)13-17;/h6-8,13H,5,9-12H2,1-4H3,(H,21,22);1H. The van der Waals surface area contributed by atoms with Gasteiger partial charge in [-0.05, 0) is 45.4 Å². The SMILES string of the molecule is CCNC(=NCCc1c(C)noc1C)N(C)CCOc1cccc(Cl)c1.I. The van der Waals surface area contributed by atoms with Crippen molar-refractivity contribution in [3.8, 4) is 5.75 Å². The molecular weight excluding hydrogens is 479 g/mol. The van der Waals surface area contributed by atoms with Gasteiger partial charge in [0.2, 0.25) is 0 Å². The fourth-order valence-corrected chi connectivity index (χ4v) is 2.75. The molecule has 2 rings (SSSR count). The zero-order valence-electron chi connectivity index (χ0n) is 16.3. The number of rotatable bonds is 8. The first-order chi connectivity index (χ1) is 12.5. The zero-order chi connectivity index (χ0) is 18.9. The molecule has 0 spiro atoms. The summed E-state index contributed by atoms with van der Waals surface area (Å²) in [6.45, 7) is 8.69. The molecule has 0 bridgehead atoms. The van der Waals surface area contributed by atoms with Crippen LogP contribution >= 0.6 is 35.6 Å². The molecule has 0 saturated heterocycles. The summed E-state index contributed by atoms with van der Waals surface area (Å²) in [4.78, 5) is 6.75. The van der Waals surface area contributed by atoms with Gasteiger partial charge in [0.25, 0.3) is 0 Å². The van der Waals surface area contributed by atoms with Crippen LogP contribution in [0.5, 0.6) is 5.75 Å². The zero-order valence-corrected chi connectivity index (χ0v) is 19.4. The van der Waals surface area contributed by atoms with Crippen LogP contribution in [0.25, 0.3) is 0 Å². The minimum atomic E-state index is 0. The number of aryl methyl sites for hydroxylation is 2. The summed E-state index contributed by atoms with van der Waals surface area (Å²) < 4.78 is 11.0. The van der Waals surface area contributed by atoms with E-state index >= 15 is 0 Å². The van der Waals surface area contributed by atoms with Gasteiger partial charge in [-0.15, -0.1) is 24.0 Å². The molecule has 0 atom stereocenters. The minimum absolute atomic E-state index is 0. The van der Waals surface area contributed by atoms with E-state index in [0.717, 1.165) is 41.7 Å². The first-order valence-corrected chi connectivity index (χ1v) is 9.18. The Hall–Kier alpha value is -1.48. The Balaban J connectivity index is 0.00000364. The highest BCUT2D eigenvalue weighted by molar-refractivity contribution is 14.0. The Labute approximate surface area is 183 Å². The third-order valence-electron chi connectivity index (χ3n) is 3.99. The van der Waals surface area contributed by atoms with Crippen molar-refractivity contribution in [2.45, 2.75) is 27.2 Å². The quantitative estimate of drug-likeness (QED) is 0.332. The number of nitrogens with zero attached hydrogens (tertiary/aromatic N) is 3. The molecule has 0 radical (unpaired) electrons. The Kier molecular flexibility index (Phi) is 10.5. The average Bonchev–Trinajstić information content (AvgIpc) is 2.93. The molecule has 0 saturated carbocycles. The maximum absolute atomic E-state index is 5.97. The number of ether oxygens (including phenoxy) is 1. The van der Waals surface area contributed by atoms with Crippen LogP contribution in [0.4, 0.5) is 0 Å². The van der Waals surface area contributed by atoms with E-state index in [0.29, 0.717) is 24.7 Å². The largest absolute Gasteiger partial charge is 0.492 e. The van der Waals surface area contributed by atoms with Crippen molar-refractivity contribution in [1.29, 1.82) is 0 Å². The first-order valence-electron chi connectivity index (χ1n) is 8.80. The molecule has 0 unspecified atom stereocenters. The average molecular weight is 507 g/mol. The maximum Gasteiger partial charge on any atom is 0.193 e. The summed E-state index contributed by atoms with van der Waals surface area (Å²) in [6.07, 6.45) is 0.808. The van der Waals surface area contributed by atoms with Gasteiger partial charge in [0.05, 0.1) is 12.2 Å². The molecule has 1 N–H and O–H groups in total. The van der Waals surface area contributed by atoms with Crippen LogP contribution in [0.15, 0.2) is 33.8 Å². The number of halogens is 2. The van der Waals surface area contributed by atoms with Gasteiger partial charge >= 0.3 is 0 Å². The Morgan fingerprint density at radius 2 is 2.15 bits per heavy atom. The molecule has 27 heavy (non-hydrogen) atoms. The van der Waals surface area contributed by atoms with Crippen LogP contribution in [0.3, 0.4) is 0 Å². The summed E-state index contributed by atoms with van der Waals surface area (Å²) in [7, 11) is 2.00. The topological polar surface area (TPSA) is 62.9 Å². The highest BCUT2D eigenvalue weighted by Gasteiger charge is 2.09. The van der Waals surface area contributed by atoms with Crippen LogP contribution in [0, 0.1) is 13.8 Å². The molecule has 1 aromatic heterocycles. The van der Waals surface area contributed by atoms with E-state index in [1.54, 1.807) is 0 Å². The third kappa shape index (κ3) is 7.57. The van der Waals surface area contributed by atoms with Crippen LogP contribution in [0.1, 0.15) is 23.9 Å². The predicted octanol–water partition coefficient (Wildman–Crippen LogP) is 4.08. The molecule has 6 nitrogen and oxygen atoms in total. The van der Waals surface area contributed by atoms with Crippen molar-refractivity contribution in [2.24, 2.45) is 4.99 Å². The molecule has 8 heteroatoms. The van der Waals surface area contributed by atoms with Crippen molar-refractivity contribution in [3.05, 3.63) is 46.3 Å². The van der Waals surface area contributed by atoms with Gasteiger partial charge < -0.3 is 19.5 Å². The van der Waals surface area contributed by atoms with E-state index in [4.69, 9.17) is 25.9 Å². The number of nitrogens with one attached hydrogen (secondary N) is 1. The normalized spacial score (nSPS) is 11.1. The van der Waals surface area contributed by atoms with Gasteiger partial charge in [-0.2, -0.15) is 0 Å². The number of benzene rings is 1. The number of hydrogen-bond donors (Lipinski definition) is 1. The van der Waals surface area contributed by atoms with Gasteiger partial charge in [0.15, 0.2) is 5.96 Å². The summed E-state index contributed by atoms with van der Waals surface area (Å²) in [5, 5.41) is 7.97. The first kappa shape index (κ1) is 23.6. The summed E-state index contributed by atoms with van der Waals surface area (Å²) >= 11 is 5.97. The monoisotopic (exact) mass is 506 g/mol. The smallest absolute Gasteiger partial charge is 0.193 e. The second-order valence-corrected chi connectivity index (χ2v) is 6.45. The van der Waals surface area contributed by atoms with E-state index in [9.17, 15) is 0 Å². The Bertz CT molecular complexity index is 717. The molecule has 0 aliphatic carbocycles. The van der Waals surface area contributed by atoms with Gasteiger partial charge in [-0.25, -0.2) is 0 Å². The fraction of sp³-hybridized carbons (Fsp3) is 0.474. The van der Waals surface area contributed by atoms with E-state index in [1.807, 2.05) is 45.2 Å².